The van der Waals surface area contributed by atoms with E-state index in [1.54, 1.807) is 0 Å². The molecule has 1 spiro atoms. The molecule has 0 N–H and O–H groups in total. The van der Waals surface area contributed by atoms with Crippen molar-refractivity contribution in [2.75, 3.05) is 33.3 Å². The van der Waals surface area contributed by atoms with Crippen molar-refractivity contribution >= 4 is 0 Å². The predicted octanol–water partition coefficient (Wildman–Crippen LogP) is 2.49. The molecule has 1 atom stereocenters. The monoisotopic (exact) mass is 356 g/mol. The number of aromatic nitrogens is 2. The summed E-state index contributed by atoms with van der Waals surface area (Å²) in [6, 6.07) is 6.15. The summed E-state index contributed by atoms with van der Waals surface area (Å²) in [5.41, 5.74) is 2.36. The molecule has 6 heteroatoms. The van der Waals surface area contributed by atoms with Crippen LogP contribution in [0, 0.1) is 12.8 Å². The van der Waals surface area contributed by atoms with Crippen LogP contribution in [-0.4, -0.2) is 58.8 Å². The van der Waals surface area contributed by atoms with Gasteiger partial charge in [0.25, 0.3) is 0 Å². The van der Waals surface area contributed by atoms with E-state index in [0.717, 1.165) is 57.2 Å². The van der Waals surface area contributed by atoms with Gasteiger partial charge in [0, 0.05) is 51.2 Å². The second kappa shape index (κ2) is 7.47. The highest BCUT2D eigenvalue weighted by Gasteiger charge is 2.46. The van der Waals surface area contributed by atoms with E-state index in [-0.39, 0.29) is 5.60 Å². The molecule has 4 rings (SSSR count). The van der Waals surface area contributed by atoms with Gasteiger partial charge in [-0.25, -0.2) is 0 Å². The van der Waals surface area contributed by atoms with E-state index < -0.39 is 0 Å². The maximum Gasteiger partial charge on any atom is 0.133 e. The van der Waals surface area contributed by atoms with Crippen molar-refractivity contribution in [1.82, 2.24) is 19.9 Å². The lowest BCUT2D eigenvalue weighted by molar-refractivity contribution is -0.183. The Labute approximate surface area is 155 Å². The van der Waals surface area contributed by atoms with Crippen LogP contribution >= 0.6 is 0 Å². The molecule has 2 aromatic heterocycles. The minimum atomic E-state index is 0.0806. The highest BCUT2D eigenvalue weighted by Crippen LogP contribution is 2.36. The molecule has 0 saturated carbocycles. The van der Waals surface area contributed by atoms with Crippen LogP contribution in [0.15, 0.2) is 35.1 Å². The first kappa shape index (κ1) is 17.6. The predicted molar refractivity (Wildman–Crippen MR) is 98.5 cm³/mol. The van der Waals surface area contributed by atoms with Crippen molar-refractivity contribution in [1.29, 1.82) is 0 Å². The van der Waals surface area contributed by atoms with E-state index in [9.17, 15) is 0 Å². The van der Waals surface area contributed by atoms with Crippen LogP contribution in [0.1, 0.15) is 29.9 Å². The Bertz CT molecular complexity index is 702. The van der Waals surface area contributed by atoms with Crippen molar-refractivity contribution in [3.8, 4) is 0 Å². The Kier molecular flexibility index (Phi) is 5.07. The second-order valence-corrected chi connectivity index (χ2v) is 8.03. The number of ether oxygens (including phenoxy) is 1. The highest BCUT2D eigenvalue weighted by molar-refractivity contribution is 5.09. The number of rotatable bonds is 6. The Balaban J connectivity index is 1.19. The molecule has 2 aromatic rings. The third-order valence-corrected chi connectivity index (χ3v) is 5.46. The molecule has 4 heterocycles. The van der Waals surface area contributed by atoms with E-state index in [4.69, 9.17) is 9.26 Å². The Morgan fingerprint density at radius 3 is 2.92 bits per heavy atom. The Hall–Kier alpha value is -1.76. The van der Waals surface area contributed by atoms with Gasteiger partial charge in [0.1, 0.15) is 5.76 Å². The zero-order valence-corrected chi connectivity index (χ0v) is 15.7. The van der Waals surface area contributed by atoms with Gasteiger partial charge in [-0.3, -0.25) is 9.88 Å². The number of pyridine rings is 1. The molecule has 0 aliphatic carbocycles. The van der Waals surface area contributed by atoms with Crippen LogP contribution in [-0.2, 0) is 17.8 Å². The van der Waals surface area contributed by atoms with Gasteiger partial charge in [-0.2, -0.15) is 0 Å². The maximum absolute atomic E-state index is 6.31. The smallest absolute Gasteiger partial charge is 0.133 e. The first-order valence-corrected chi connectivity index (χ1v) is 9.46. The molecule has 0 amide bonds. The molecule has 0 aromatic carbocycles. The molecule has 0 bridgehead atoms. The van der Waals surface area contributed by atoms with Gasteiger partial charge in [-0.05, 0) is 44.4 Å². The molecule has 2 saturated heterocycles. The molecular formula is C20H28N4O2. The minimum Gasteiger partial charge on any atom is -0.372 e. The average Bonchev–Trinajstić information content (AvgIpc) is 3.01. The van der Waals surface area contributed by atoms with E-state index in [1.165, 1.54) is 12.0 Å². The van der Waals surface area contributed by atoms with Crippen LogP contribution in [0.2, 0.25) is 0 Å². The van der Waals surface area contributed by atoms with Crippen LogP contribution < -0.4 is 0 Å². The fourth-order valence-electron chi connectivity index (χ4n) is 4.22. The molecule has 26 heavy (non-hydrogen) atoms. The SMILES string of the molecule is Cc1cc(CN2CC3(CC[C@H](CN(C)Cc4cccnc4)CO3)C2)no1. The maximum atomic E-state index is 6.31. The zero-order valence-electron chi connectivity index (χ0n) is 15.7. The largest absolute Gasteiger partial charge is 0.372 e. The van der Waals surface area contributed by atoms with E-state index in [2.05, 4.69) is 33.1 Å². The average molecular weight is 356 g/mol. The van der Waals surface area contributed by atoms with Crippen LogP contribution in [0.4, 0.5) is 0 Å². The molecule has 0 unspecified atom stereocenters. The lowest BCUT2D eigenvalue weighted by Crippen LogP contribution is -2.64. The number of likely N-dealkylation sites (tertiary alicyclic amines) is 1. The van der Waals surface area contributed by atoms with Crippen LogP contribution in [0.3, 0.4) is 0 Å². The summed E-state index contributed by atoms with van der Waals surface area (Å²) in [6.07, 6.45) is 6.17. The molecule has 140 valence electrons. The molecule has 0 radical (unpaired) electrons. The van der Waals surface area contributed by atoms with Gasteiger partial charge >= 0.3 is 0 Å². The number of aryl methyl sites for hydroxylation is 1. The van der Waals surface area contributed by atoms with Crippen LogP contribution in [0.25, 0.3) is 0 Å². The van der Waals surface area contributed by atoms with Gasteiger partial charge in [0.05, 0.1) is 17.9 Å². The van der Waals surface area contributed by atoms with Gasteiger partial charge in [0.15, 0.2) is 0 Å². The van der Waals surface area contributed by atoms with E-state index in [1.807, 2.05) is 31.5 Å². The lowest BCUT2D eigenvalue weighted by atomic mass is 9.82. The number of hydrogen-bond acceptors (Lipinski definition) is 6. The molecule has 2 fully saturated rings. The molecule has 2 aliphatic rings. The quantitative estimate of drug-likeness (QED) is 0.793. The molecule has 6 nitrogen and oxygen atoms in total. The zero-order chi connectivity index (χ0) is 18.0. The summed E-state index contributed by atoms with van der Waals surface area (Å²) >= 11 is 0. The summed E-state index contributed by atoms with van der Waals surface area (Å²) < 4.78 is 11.5. The van der Waals surface area contributed by atoms with Gasteiger partial charge in [-0.15, -0.1) is 0 Å². The third-order valence-electron chi connectivity index (χ3n) is 5.46. The third kappa shape index (κ3) is 4.14. The van der Waals surface area contributed by atoms with Crippen molar-refractivity contribution in [3.63, 3.8) is 0 Å². The topological polar surface area (TPSA) is 54.6 Å². The van der Waals surface area contributed by atoms with Gasteiger partial charge in [-0.1, -0.05) is 11.2 Å². The fourth-order valence-corrected chi connectivity index (χ4v) is 4.22. The van der Waals surface area contributed by atoms with E-state index in [0.29, 0.717) is 5.92 Å². The second-order valence-electron chi connectivity index (χ2n) is 8.03. The van der Waals surface area contributed by atoms with Gasteiger partial charge < -0.3 is 14.2 Å². The van der Waals surface area contributed by atoms with Crippen LogP contribution in [0.5, 0.6) is 0 Å². The van der Waals surface area contributed by atoms with Crippen molar-refractivity contribution in [2.45, 2.75) is 38.5 Å². The van der Waals surface area contributed by atoms with E-state index >= 15 is 0 Å². The summed E-state index contributed by atoms with van der Waals surface area (Å²) in [5.74, 6) is 1.50. The summed E-state index contributed by atoms with van der Waals surface area (Å²) in [7, 11) is 2.18. The van der Waals surface area contributed by atoms with Gasteiger partial charge in [0.2, 0.25) is 0 Å². The normalized spacial score (nSPS) is 22.7. The highest BCUT2D eigenvalue weighted by atomic mass is 16.5. The van der Waals surface area contributed by atoms with Crippen molar-refractivity contribution < 1.29 is 9.26 Å². The first-order valence-electron chi connectivity index (χ1n) is 9.46. The number of hydrogen-bond donors (Lipinski definition) is 0. The standard InChI is InChI=1S/C20H28N4O2/c1-16-8-19(22-26-16)12-24-14-20(15-24)6-5-18(13-25-20)11-23(2)10-17-4-3-7-21-9-17/h3-4,7-9,18H,5-6,10-15H2,1-2H3/t18-/m1/s1. The minimum absolute atomic E-state index is 0.0806. The molecular weight excluding hydrogens is 328 g/mol. The van der Waals surface area contributed by atoms with Crippen molar-refractivity contribution in [3.05, 3.63) is 47.6 Å². The first-order chi connectivity index (χ1) is 12.6. The lowest BCUT2D eigenvalue weighted by Gasteiger charge is -2.53. The Morgan fingerprint density at radius 1 is 1.38 bits per heavy atom. The summed E-state index contributed by atoms with van der Waals surface area (Å²) in [5, 5.41) is 4.08. The summed E-state index contributed by atoms with van der Waals surface area (Å²) in [4.78, 5) is 8.97. The molecule has 2 aliphatic heterocycles. The van der Waals surface area contributed by atoms with Crippen molar-refractivity contribution in [2.24, 2.45) is 5.92 Å². The number of nitrogens with zero attached hydrogens (tertiary/aromatic N) is 4. The summed E-state index contributed by atoms with van der Waals surface area (Å²) in [6.45, 7) is 7.71. The fraction of sp³-hybridized carbons (Fsp3) is 0.600. The Morgan fingerprint density at radius 2 is 2.27 bits per heavy atom.